The standard InChI is InChI=1S/C88H169NO5/c1-3-5-7-9-11-13-15-17-19-21-22-23-39-42-45-49-52-56-60-64-68-72-76-80-86(91)85(84-90)89-87(92)81-77-73-69-65-61-57-53-50-46-43-40-37-35-33-31-29-27-25-24-26-28-30-32-34-36-38-41-44-47-51-55-59-63-67-71-75-79-83-94-88(93)82-78-74-70-66-62-58-54-48-20-18-16-14-12-10-8-6-4-2/h18,20,24,26,76,80,85-86,90-91H,3-17,19,21-23,25,27-75,77-79,81-84H2,1-2H3,(H,89,92)/b20-18-,26-24-,80-76+. The summed E-state index contributed by atoms with van der Waals surface area (Å²) in [5, 5.41) is 23.3. The van der Waals surface area contributed by atoms with E-state index >= 15 is 0 Å². The number of aliphatic hydroxyl groups is 2. The molecule has 556 valence electrons. The first-order chi connectivity index (χ1) is 46.5. The van der Waals surface area contributed by atoms with Gasteiger partial charge in [-0.2, -0.15) is 0 Å². The molecule has 6 nitrogen and oxygen atoms in total. The molecule has 2 unspecified atom stereocenters. The number of carbonyl (C=O) groups is 2. The number of unbranched alkanes of at least 4 members (excludes halogenated alkanes) is 67. The first-order valence-electron chi connectivity index (χ1n) is 43.3. The smallest absolute Gasteiger partial charge is 0.305 e. The van der Waals surface area contributed by atoms with Crippen molar-refractivity contribution in [2.75, 3.05) is 13.2 Å². The molecule has 0 radical (unpaired) electrons. The molecule has 0 saturated carbocycles. The minimum atomic E-state index is -0.843. The Kier molecular flexibility index (Phi) is 81.8. The summed E-state index contributed by atoms with van der Waals surface area (Å²) in [5.74, 6) is -0.0398. The minimum Gasteiger partial charge on any atom is -0.466 e. The summed E-state index contributed by atoms with van der Waals surface area (Å²) >= 11 is 0. The number of nitrogens with one attached hydrogen (secondary N) is 1. The van der Waals surface area contributed by atoms with E-state index in [4.69, 9.17) is 4.74 Å². The van der Waals surface area contributed by atoms with E-state index in [0.717, 1.165) is 44.9 Å². The van der Waals surface area contributed by atoms with Crippen LogP contribution in [0.15, 0.2) is 36.5 Å². The van der Waals surface area contributed by atoms with E-state index in [1.54, 1.807) is 6.08 Å². The van der Waals surface area contributed by atoms with Gasteiger partial charge in [0.2, 0.25) is 5.91 Å². The maximum atomic E-state index is 12.6. The molecule has 1 amide bonds. The maximum absolute atomic E-state index is 12.6. The fourth-order valence-electron chi connectivity index (χ4n) is 13.8. The molecule has 0 heterocycles. The van der Waals surface area contributed by atoms with E-state index in [9.17, 15) is 19.8 Å². The lowest BCUT2D eigenvalue weighted by molar-refractivity contribution is -0.143. The molecule has 0 aliphatic carbocycles. The molecule has 0 aliphatic heterocycles. The second-order valence-electron chi connectivity index (χ2n) is 29.9. The summed E-state index contributed by atoms with van der Waals surface area (Å²) < 4.78 is 5.51. The Morgan fingerprint density at radius 1 is 0.287 bits per heavy atom. The zero-order valence-corrected chi connectivity index (χ0v) is 64.0. The lowest BCUT2D eigenvalue weighted by atomic mass is 10.0. The molecule has 0 aromatic rings. The van der Waals surface area contributed by atoms with Gasteiger partial charge in [-0.05, 0) is 83.5 Å². The highest BCUT2D eigenvalue weighted by Gasteiger charge is 2.18. The van der Waals surface area contributed by atoms with Gasteiger partial charge in [0.25, 0.3) is 0 Å². The minimum absolute atomic E-state index is 0.0189. The van der Waals surface area contributed by atoms with Crippen LogP contribution in [0, 0.1) is 0 Å². The number of hydrogen-bond donors (Lipinski definition) is 3. The Hall–Kier alpha value is -1.92. The highest BCUT2D eigenvalue weighted by Crippen LogP contribution is 2.20. The third kappa shape index (κ3) is 79.1. The molecule has 0 fully saturated rings. The number of esters is 1. The molecule has 0 aromatic heterocycles. The van der Waals surface area contributed by atoms with Gasteiger partial charge in [0.1, 0.15) is 0 Å². The van der Waals surface area contributed by atoms with Crippen LogP contribution in [0.4, 0.5) is 0 Å². The number of rotatable bonds is 82. The number of aliphatic hydroxyl groups excluding tert-OH is 2. The van der Waals surface area contributed by atoms with Crippen molar-refractivity contribution in [3.05, 3.63) is 36.5 Å². The molecule has 3 N–H and O–H groups in total. The van der Waals surface area contributed by atoms with Crippen LogP contribution in [0.25, 0.3) is 0 Å². The average molecular weight is 1320 g/mol. The van der Waals surface area contributed by atoms with Crippen LogP contribution in [0.1, 0.15) is 489 Å². The molecular weight excluding hydrogens is 1150 g/mol. The van der Waals surface area contributed by atoms with Gasteiger partial charge in [-0.3, -0.25) is 9.59 Å². The lowest BCUT2D eigenvalue weighted by Crippen LogP contribution is -2.45. The van der Waals surface area contributed by atoms with Gasteiger partial charge < -0.3 is 20.3 Å². The van der Waals surface area contributed by atoms with E-state index < -0.39 is 12.1 Å². The zero-order valence-electron chi connectivity index (χ0n) is 64.0. The van der Waals surface area contributed by atoms with Crippen molar-refractivity contribution in [1.29, 1.82) is 0 Å². The third-order valence-corrected chi connectivity index (χ3v) is 20.4. The highest BCUT2D eigenvalue weighted by molar-refractivity contribution is 5.76. The molecular formula is C88H169NO5. The molecule has 2 atom stereocenters. The van der Waals surface area contributed by atoms with Gasteiger partial charge in [0, 0.05) is 12.8 Å². The quantitative estimate of drug-likeness (QED) is 0.0320. The third-order valence-electron chi connectivity index (χ3n) is 20.4. The molecule has 0 saturated heterocycles. The zero-order chi connectivity index (χ0) is 67.7. The van der Waals surface area contributed by atoms with Gasteiger partial charge >= 0.3 is 5.97 Å². The molecule has 94 heavy (non-hydrogen) atoms. The van der Waals surface area contributed by atoms with Gasteiger partial charge in [0.05, 0.1) is 25.4 Å². The predicted molar refractivity (Wildman–Crippen MR) is 416 cm³/mol. The summed E-state index contributed by atoms with van der Waals surface area (Å²) in [6.45, 7) is 4.96. The van der Waals surface area contributed by atoms with Gasteiger partial charge in [-0.1, -0.05) is 429 Å². The Bertz CT molecular complexity index is 1520. The van der Waals surface area contributed by atoms with E-state index in [0.29, 0.717) is 19.4 Å². The number of allylic oxidation sites excluding steroid dienone is 5. The number of hydrogen-bond acceptors (Lipinski definition) is 5. The van der Waals surface area contributed by atoms with Crippen molar-refractivity contribution in [3.63, 3.8) is 0 Å². The number of amides is 1. The SMILES string of the molecule is CCCCCCCC/C=C\CCCCCCCCCC(=O)OCCCCCCCCCCCCCCCCCC/C=C\CCCCCCCCCCCCCCCCCCCC(=O)NC(CO)C(O)/C=C/CCCCCCCCCCCCCCCCCCCCCCC. The van der Waals surface area contributed by atoms with Gasteiger partial charge in [0.15, 0.2) is 0 Å². The predicted octanol–water partition coefficient (Wildman–Crippen LogP) is 28.9. The summed E-state index contributed by atoms with van der Waals surface area (Å²) in [7, 11) is 0. The van der Waals surface area contributed by atoms with Crippen LogP contribution >= 0.6 is 0 Å². The molecule has 6 heteroatoms. The van der Waals surface area contributed by atoms with Crippen molar-refractivity contribution in [3.8, 4) is 0 Å². The van der Waals surface area contributed by atoms with Crippen LogP contribution in [0.3, 0.4) is 0 Å². The normalized spacial score (nSPS) is 12.6. The average Bonchev–Trinajstić information content (AvgIpc) is 3.79. The van der Waals surface area contributed by atoms with E-state index in [-0.39, 0.29) is 18.5 Å². The summed E-state index contributed by atoms with van der Waals surface area (Å²) in [6.07, 6.45) is 110. The van der Waals surface area contributed by atoms with Crippen molar-refractivity contribution in [1.82, 2.24) is 5.32 Å². The molecule has 0 rings (SSSR count). The monoisotopic (exact) mass is 1320 g/mol. The Morgan fingerprint density at radius 3 is 0.755 bits per heavy atom. The Morgan fingerprint density at radius 2 is 0.500 bits per heavy atom. The summed E-state index contributed by atoms with van der Waals surface area (Å²) in [5.41, 5.74) is 0. The van der Waals surface area contributed by atoms with Crippen molar-refractivity contribution in [2.45, 2.75) is 501 Å². The molecule has 0 bridgehead atoms. The number of ether oxygens (including phenoxy) is 1. The van der Waals surface area contributed by atoms with Crippen molar-refractivity contribution in [2.24, 2.45) is 0 Å². The fourth-order valence-corrected chi connectivity index (χ4v) is 13.8. The lowest BCUT2D eigenvalue weighted by Gasteiger charge is -2.20. The fraction of sp³-hybridized carbons (Fsp3) is 0.909. The van der Waals surface area contributed by atoms with E-state index in [1.807, 2.05) is 6.08 Å². The van der Waals surface area contributed by atoms with Crippen molar-refractivity contribution >= 4 is 11.9 Å². The second kappa shape index (κ2) is 83.5. The molecule has 0 aliphatic rings. The van der Waals surface area contributed by atoms with Crippen LogP contribution in [-0.2, 0) is 14.3 Å². The van der Waals surface area contributed by atoms with E-state index in [2.05, 4.69) is 43.5 Å². The first-order valence-corrected chi connectivity index (χ1v) is 43.3. The molecule has 0 aromatic carbocycles. The highest BCUT2D eigenvalue weighted by atomic mass is 16.5. The summed E-state index contributed by atoms with van der Waals surface area (Å²) in [4.78, 5) is 24.7. The van der Waals surface area contributed by atoms with Crippen LogP contribution in [-0.4, -0.2) is 47.4 Å². The number of carbonyl (C=O) groups excluding carboxylic acids is 2. The largest absolute Gasteiger partial charge is 0.466 e. The van der Waals surface area contributed by atoms with E-state index in [1.165, 1.54) is 417 Å². The van der Waals surface area contributed by atoms with Gasteiger partial charge in [-0.15, -0.1) is 0 Å². The topological polar surface area (TPSA) is 95.9 Å². The maximum Gasteiger partial charge on any atom is 0.305 e. The van der Waals surface area contributed by atoms with Crippen LogP contribution < -0.4 is 5.32 Å². The second-order valence-corrected chi connectivity index (χ2v) is 29.9. The van der Waals surface area contributed by atoms with Crippen LogP contribution in [0.2, 0.25) is 0 Å². The Labute approximate surface area is 589 Å². The Balaban J connectivity index is 3.35. The van der Waals surface area contributed by atoms with Crippen molar-refractivity contribution < 1.29 is 24.5 Å². The van der Waals surface area contributed by atoms with Crippen LogP contribution in [0.5, 0.6) is 0 Å². The molecule has 0 spiro atoms. The van der Waals surface area contributed by atoms with Gasteiger partial charge in [-0.25, -0.2) is 0 Å². The first kappa shape index (κ1) is 92.1. The summed E-state index contributed by atoms with van der Waals surface area (Å²) in [6, 6.07) is -0.626.